The zero-order valence-corrected chi connectivity index (χ0v) is 23.1. The lowest BCUT2D eigenvalue weighted by molar-refractivity contribution is -0.124. The lowest BCUT2D eigenvalue weighted by Crippen LogP contribution is -2.54. The number of carboxylic acids is 1. The smallest absolute Gasteiger partial charge is 0.335 e. The number of anilines is 1. The van der Waals surface area contributed by atoms with Gasteiger partial charge in [-0.05, 0) is 60.2 Å². The van der Waals surface area contributed by atoms with Crippen LogP contribution in [0.4, 0.5) is 10.5 Å². The molecule has 0 bridgehead atoms. The Bertz CT molecular complexity index is 1690. The Morgan fingerprint density at radius 2 is 1.62 bits per heavy atom. The number of hydrogen-bond acceptors (Lipinski definition) is 6. The number of urea groups is 1. The Hall–Kier alpha value is -3.95. The predicted octanol–water partition coefficient (Wildman–Crippen LogP) is 4.19. The first-order chi connectivity index (χ1) is 18.9. The summed E-state index contributed by atoms with van der Waals surface area (Å²) in [4.78, 5) is 41.1. The van der Waals surface area contributed by atoms with E-state index in [1.165, 1.54) is 54.4 Å². The van der Waals surface area contributed by atoms with E-state index in [1.807, 2.05) is 6.07 Å². The molecule has 2 saturated heterocycles. The Kier molecular flexibility index (Phi) is 6.84. The maximum Gasteiger partial charge on any atom is 0.335 e. The van der Waals surface area contributed by atoms with Crippen LogP contribution in [0.1, 0.15) is 27.4 Å². The van der Waals surface area contributed by atoms with Crippen LogP contribution in [0.2, 0.25) is 10.0 Å². The van der Waals surface area contributed by atoms with Gasteiger partial charge in [-0.2, -0.15) is 9.57 Å². The van der Waals surface area contributed by atoms with Crippen molar-refractivity contribution in [3.63, 3.8) is 0 Å². The zero-order chi connectivity index (χ0) is 29.0. The number of aromatic carboxylic acids is 1. The maximum absolute atomic E-state index is 14.2. The van der Waals surface area contributed by atoms with Crippen LogP contribution in [0.3, 0.4) is 0 Å². The SMILES string of the molecule is CN1C(=O)N(c2cc(Cl)cc(Cl)c2)C(=O)[C@]12CN(S(=O)(=O)c1ccc(C(=O)O)cc1)C[C@H]2c1ccc(C#N)cc1. The molecule has 3 amide bonds. The molecule has 3 aromatic carbocycles. The first-order valence-electron chi connectivity index (χ1n) is 11.8. The topological polar surface area (TPSA) is 139 Å². The van der Waals surface area contributed by atoms with Gasteiger partial charge in [0.15, 0.2) is 0 Å². The fraction of sp³-hybridized carbons (Fsp3) is 0.185. The molecule has 0 aromatic heterocycles. The van der Waals surface area contributed by atoms with E-state index in [1.54, 1.807) is 24.3 Å². The summed E-state index contributed by atoms with van der Waals surface area (Å²) in [6.45, 7) is -0.533. The van der Waals surface area contributed by atoms with Crippen LogP contribution in [0.15, 0.2) is 71.6 Å². The largest absolute Gasteiger partial charge is 0.478 e. The molecule has 0 radical (unpaired) electrons. The molecule has 204 valence electrons. The van der Waals surface area contributed by atoms with E-state index in [-0.39, 0.29) is 39.3 Å². The van der Waals surface area contributed by atoms with Gasteiger partial charge < -0.3 is 10.0 Å². The summed E-state index contributed by atoms with van der Waals surface area (Å²) >= 11 is 12.3. The molecule has 10 nitrogen and oxygen atoms in total. The van der Waals surface area contributed by atoms with Gasteiger partial charge in [0, 0.05) is 36.1 Å². The summed E-state index contributed by atoms with van der Waals surface area (Å²) in [6, 6.07) is 16.7. The zero-order valence-electron chi connectivity index (χ0n) is 20.8. The van der Waals surface area contributed by atoms with E-state index in [9.17, 15) is 33.2 Å². The molecule has 2 atom stereocenters. The molecule has 1 spiro atoms. The molecule has 40 heavy (non-hydrogen) atoms. The first kappa shape index (κ1) is 27.6. The second kappa shape index (κ2) is 9.91. The Labute approximate surface area is 239 Å². The van der Waals surface area contributed by atoms with Gasteiger partial charge in [0.1, 0.15) is 5.54 Å². The molecule has 0 unspecified atom stereocenters. The van der Waals surface area contributed by atoms with Gasteiger partial charge in [-0.15, -0.1) is 0 Å². The number of nitrogens with zero attached hydrogens (tertiary/aromatic N) is 4. The number of imide groups is 1. The van der Waals surface area contributed by atoms with Crippen molar-refractivity contribution in [2.45, 2.75) is 16.4 Å². The predicted molar refractivity (Wildman–Crippen MR) is 146 cm³/mol. The first-order valence-corrected chi connectivity index (χ1v) is 14.0. The second-order valence-corrected chi connectivity index (χ2v) is 12.3. The lowest BCUT2D eigenvalue weighted by atomic mass is 9.80. The van der Waals surface area contributed by atoms with Gasteiger partial charge in [0.25, 0.3) is 5.91 Å². The molecule has 2 fully saturated rings. The minimum atomic E-state index is -4.22. The van der Waals surface area contributed by atoms with Crippen molar-refractivity contribution in [1.29, 1.82) is 5.26 Å². The van der Waals surface area contributed by atoms with Gasteiger partial charge >= 0.3 is 12.0 Å². The van der Waals surface area contributed by atoms with Crippen LogP contribution < -0.4 is 4.90 Å². The van der Waals surface area contributed by atoms with Crippen LogP contribution >= 0.6 is 23.2 Å². The molecule has 0 saturated carbocycles. The van der Waals surface area contributed by atoms with E-state index in [4.69, 9.17) is 23.2 Å². The number of carboxylic acid groups (broad SMARTS) is 1. The number of nitriles is 1. The molecular formula is C27H20Cl2N4O6S. The van der Waals surface area contributed by atoms with Gasteiger partial charge in [-0.3, -0.25) is 4.79 Å². The minimum absolute atomic E-state index is 0.0839. The Morgan fingerprint density at radius 3 is 2.17 bits per heavy atom. The Balaban J connectivity index is 1.63. The number of hydrogen-bond donors (Lipinski definition) is 1. The highest BCUT2D eigenvalue weighted by Crippen LogP contribution is 2.48. The van der Waals surface area contributed by atoms with E-state index in [0.717, 1.165) is 9.21 Å². The molecule has 2 aliphatic rings. The third kappa shape index (κ3) is 4.30. The third-order valence-electron chi connectivity index (χ3n) is 7.32. The van der Waals surface area contributed by atoms with Crippen molar-refractivity contribution in [1.82, 2.24) is 9.21 Å². The summed E-state index contributed by atoms with van der Waals surface area (Å²) in [5, 5.41) is 18.8. The second-order valence-electron chi connectivity index (χ2n) is 9.45. The molecule has 3 aromatic rings. The summed E-state index contributed by atoms with van der Waals surface area (Å²) in [5.41, 5.74) is -0.665. The van der Waals surface area contributed by atoms with Crippen molar-refractivity contribution in [2.75, 3.05) is 25.0 Å². The molecule has 1 N–H and O–H groups in total. The monoisotopic (exact) mass is 598 g/mol. The number of carbonyl (C=O) groups is 3. The number of carbonyl (C=O) groups excluding carboxylic acids is 2. The third-order valence-corrected chi connectivity index (χ3v) is 9.58. The maximum atomic E-state index is 14.2. The number of sulfonamides is 1. The summed E-state index contributed by atoms with van der Waals surface area (Å²) in [5.74, 6) is -2.68. The molecule has 2 aliphatic heterocycles. The van der Waals surface area contributed by atoms with Crippen molar-refractivity contribution in [2.24, 2.45) is 0 Å². The fourth-order valence-corrected chi connectivity index (χ4v) is 7.27. The van der Waals surface area contributed by atoms with Crippen LogP contribution in [-0.2, 0) is 14.8 Å². The average Bonchev–Trinajstić information content (AvgIpc) is 3.42. The van der Waals surface area contributed by atoms with Crippen LogP contribution in [0.25, 0.3) is 0 Å². The molecule has 13 heteroatoms. The van der Waals surface area contributed by atoms with Crippen molar-refractivity contribution in [3.8, 4) is 6.07 Å². The van der Waals surface area contributed by atoms with Crippen LogP contribution in [-0.4, -0.2) is 66.3 Å². The standard InChI is InChI=1S/C27H20Cl2N4O6S/c1-31-26(37)33(21-11-19(28)10-20(29)12-21)25(36)27(31)15-32(14-23(27)17-4-2-16(13-30)3-5-17)40(38,39)22-8-6-18(7-9-22)24(34)35/h2-12,23H,14-15H2,1H3,(H,34,35)/t23-,27+/m0/s1. The number of benzene rings is 3. The van der Waals surface area contributed by atoms with Gasteiger partial charge in [0.2, 0.25) is 10.0 Å². The van der Waals surface area contributed by atoms with Crippen LogP contribution in [0, 0.1) is 11.3 Å². The van der Waals surface area contributed by atoms with E-state index >= 15 is 0 Å². The number of halogens is 2. The van der Waals surface area contributed by atoms with E-state index < -0.39 is 39.4 Å². The number of amides is 3. The van der Waals surface area contributed by atoms with Crippen molar-refractivity contribution >= 4 is 56.8 Å². The highest BCUT2D eigenvalue weighted by Gasteiger charge is 2.65. The molecule has 5 rings (SSSR count). The van der Waals surface area contributed by atoms with Gasteiger partial charge in [0.05, 0.1) is 27.8 Å². The fourth-order valence-electron chi connectivity index (χ4n) is 5.27. The normalized spacial score (nSPS) is 21.3. The van der Waals surface area contributed by atoms with Gasteiger partial charge in [-0.1, -0.05) is 35.3 Å². The highest BCUT2D eigenvalue weighted by atomic mass is 35.5. The molecule has 0 aliphatic carbocycles. The summed E-state index contributed by atoms with van der Waals surface area (Å²) in [7, 11) is -2.79. The van der Waals surface area contributed by atoms with Gasteiger partial charge in [-0.25, -0.2) is 22.9 Å². The van der Waals surface area contributed by atoms with Crippen molar-refractivity contribution in [3.05, 3.63) is 93.5 Å². The minimum Gasteiger partial charge on any atom is -0.478 e. The molecular weight excluding hydrogens is 579 g/mol. The number of likely N-dealkylation sites (N-methyl/N-ethyl adjacent to an activating group) is 1. The van der Waals surface area contributed by atoms with E-state index in [2.05, 4.69) is 0 Å². The lowest BCUT2D eigenvalue weighted by Gasteiger charge is -2.33. The van der Waals surface area contributed by atoms with E-state index in [0.29, 0.717) is 11.1 Å². The van der Waals surface area contributed by atoms with Crippen LogP contribution in [0.5, 0.6) is 0 Å². The average molecular weight is 599 g/mol. The summed E-state index contributed by atoms with van der Waals surface area (Å²) < 4.78 is 28.6. The highest BCUT2D eigenvalue weighted by molar-refractivity contribution is 7.89. The molecule has 2 heterocycles. The summed E-state index contributed by atoms with van der Waals surface area (Å²) in [6.07, 6.45) is 0. The Morgan fingerprint density at radius 1 is 1.02 bits per heavy atom. The quantitative estimate of drug-likeness (QED) is 0.434. The van der Waals surface area contributed by atoms with Crippen molar-refractivity contribution < 1.29 is 27.9 Å². The number of rotatable bonds is 5.